The summed E-state index contributed by atoms with van der Waals surface area (Å²) in [7, 11) is 0. The molecule has 0 aliphatic rings. The van der Waals surface area contributed by atoms with E-state index in [0.29, 0.717) is 11.2 Å². The molecule has 0 saturated heterocycles. The summed E-state index contributed by atoms with van der Waals surface area (Å²) in [5, 5.41) is 12.2. The van der Waals surface area contributed by atoms with Crippen molar-refractivity contribution in [2.45, 2.75) is 26.4 Å². The smallest absolute Gasteiger partial charge is 0.412 e. The fraction of sp³-hybridized carbons (Fsp3) is 0.267. The Morgan fingerprint density at radius 3 is 2.57 bits per heavy atom. The van der Waals surface area contributed by atoms with Crippen LogP contribution in [0.15, 0.2) is 30.5 Å². The molecule has 6 nitrogen and oxygen atoms in total. The van der Waals surface area contributed by atoms with Gasteiger partial charge in [-0.05, 0) is 39.0 Å². The van der Waals surface area contributed by atoms with E-state index in [-0.39, 0.29) is 5.56 Å². The summed E-state index contributed by atoms with van der Waals surface area (Å²) < 4.78 is 5.15. The van der Waals surface area contributed by atoms with Gasteiger partial charge in [0.1, 0.15) is 5.60 Å². The van der Waals surface area contributed by atoms with Crippen LogP contribution in [-0.4, -0.2) is 27.8 Å². The van der Waals surface area contributed by atoms with E-state index >= 15 is 0 Å². The Kier molecular flexibility index (Phi) is 3.80. The lowest BCUT2D eigenvalue weighted by Crippen LogP contribution is -2.27. The molecule has 0 aliphatic carbocycles. The van der Waals surface area contributed by atoms with Gasteiger partial charge in [-0.2, -0.15) is 0 Å². The van der Waals surface area contributed by atoms with Crippen molar-refractivity contribution in [2.75, 3.05) is 5.32 Å². The molecule has 21 heavy (non-hydrogen) atoms. The highest BCUT2D eigenvalue weighted by atomic mass is 16.6. The average Bonchev–Trinajstić information content (AvgIpc) is 2.35. The largest absolute Gasteiger partial charge is 0.478 e. The van der Waals surface area contributed by atoms with Gasteiger partial charge in [0.15, 0.2) is 0 Å². The van der Waals surface area contributed by atoms with Gasteiger partial charge in [-0.15, -0.1) is 0 Å². The molecule has 0 aliphatic heterocycles. The fourth-order valence-corrected chi connectivity index (χ4v) is 1.74. The lowest BCUT2D eigenvalue weighted by molar-refractivity contribution is 0.0634. The van der Waals surface area contributed by atoms with Crippen LogP contribution in [0.25, 0.3) is 10.9 Å². The third-order valence-corrected chi connectivity index (χ3v) is 2.58. The van der Waals surface area contributed by atoms with Crippen molar-refractivity contribution in [3.63, 3.8) is 0 Å². The Hall–Kier alpha value is -2.63. The van der Waals surface area contributed by atoms with Gasteiger partial charge in [-0.25, -0.2) is 9.59 Å². The number of nitrogens with one attached hydrogen (secondary N) is 1. The number of carbonyl (C=O) groups excluding carboxylic acids is 1. The number of anilines is 1. The molecular formula is C15H16N2O4. The topological polar surface area (TPSA) is 88.5 Å². The monoisotopic (exact) mass is 288 g/mol. The van der Waals surface area contributed by atoms with Crippen molar-refractivity contribution in [2.24, 2.45) is 0 Å². The minimum absolute atomic E-state index is 0.169. The molecule has 0 spiro atoms. The molecule has 2 rings (SSSR count). The average molecular weight is 288 g/mol. The number of carbonyl (C=O) groups is 2. The summed E-state index contributed by atoms with van der Waals surface area (Å²) in [6.45, 7) is 5.33. The van der Waals surface area contributed by atoms with E-state index in [1.165, 1.54) is 18.3 Å². The molecule has 0 unspecified atom stereocenters. The number of rotatable bonds is 2. The number of pyridine rings is 1. The zero-order chi connectivity index (χ0) is 15.6. The molecule has 0 atom stereocenters. The highest BCUT2D eigenvalue weighted by molar-refractivity contribution is 5.94. The van der Waals surface area contributed by atoms with Gasteiger partial charge in [-0.1, -0.05) is 6.07 Å². The molecule has 2 N–H and O–H groups in total. The normalized spacial score (nSPS) is 11.2. The zero-order valence-electron chi connectivity index (χ0n) is 12.0. The van der Waals surface area contributed by atoms with Gasteiger partial charge in [0.2, 0.25) is 0 Å². The highest BCUT2D eigenvalue weighted by Crippen LogP contribution is 2.19. The number of amides is 1. The highest BCUT2D eigenvalue weighted by Gasteiger charge is 2.16. The summed E-state index contributed by atoms with van der Waals surface area (Å²) >= 11 is 0. The minimum Gasteiger partial charge on any atom is -0.478 e. The summed E-state index contributed by atoms with van der Waals surface area (Å²) in [5.74, 6) is -1.00. The van der Waals surface area contributed by atoms with Crippen LogP contribution in [0.2, 0.25) is 0 Å². The molecule has 1 heterocycles. The van der Waals surface area contributed by atoms with Crippen molar-refractivity contribution in [1.29, 1.82) is 0 Å². The van der Waals surface area contributed by atoms with Crippen LogP contribution < -0.4 is 5.32 Å². The molecule has 0 saturated carbocycles. The standard InChI is InChI=1S/C15H16N2O4/c1-15(2,3)21-14(20)17-11-6-9-4-5-10(13(18)19)7-12(9)16-8-11/h4-8H,1-3H3,(H,17,20)(H,18,19). The predicted octanol–water partition coefficient (Wildman–Crippen LogP) is 3.28. The molecule has 0 fully saturated rings. The summed E-state index contributed by atoms with van der Waals surface area (Å²) in [6, 6.07) is 6.32. The number of ether oxygens (including phenoxy) is 1. The molecule has 0 bridgehead atoms. The first-order valence-corrected chi connectivity index (χ1v) is 6.38. The van der Waals surface area contributed by atoms with E-state index in [2.05, 4.69) is 10.3 Å². The quantitative estimate of drug-likeness (QED) is 0.885. The van der Waals surface area contributed by atoms with E-state index in [1.807, 2.05) is 0 Å². The lowest BCUT2D eigenvalue weighted by Gasteiger charge is -2.19. The Balaban J connectivity index is 2.22. The van der Waals surface area contributed by atoms with Gasteiger partial charge in [0.05, 0.1) is 23.0 Å². The second-order valence-electron chi connectivity index (χ2n) is 5.56. The number of hydrogen-bond acceptors (Lipinski definition) is 4. The van der Waals surface area contributed by atoms with E-state index in [0.717, 1.165) is 5.39 Å². The number of fused-ring (bicyclic) bond motifs is 1. The third kappa shape index (κ3) is 3.92. The fourth-order valence-electron chi connectivity index (χ4n) is 1.74. The summed E-state index contributed by atoms with van der Waals surface area (Å²) in [4.78, 5) is 26.7. The first-order valence-electron chi connectivity index (χ1n) is 6.38. The Morgan fingerprint density at radius 1 is 1.24 bits per heavy atom. The first-order chi connectivity index (χ1) is 9.74. The second kappa shape index (κ2) is 5.40. The van der Waals surface area contributed by atoms with Crippen molar-refractivity contribution in [3.05, 3.63) is 36.0 Å². The Labute approximate surface area is 121 Å². The van der Waals surface area contributed by atoms with E-state index in [1.54, 1.807) is 32.9 Å². The summed E-state index contributed by atoms with van der Waals surface area (Å²) in [6.07, 6.45) is 0.892. The molecule has 6 heteroatoms. The SMILES string of the molecule is CC(C)(C)OC(=O)Nc1cnc2cc(C(=O)O)ccc2c1. The maximum atomic E-state index is 11.7. The van der Waals surface area contributed by atoms with Crippen molar-refractivity contribution in [3.8, 4) is 0 Å². The lowest BCUT2D eigenvalue weighted by atomic mass is 10.1. The number of aromatic carboxylic acids is 1. The molecule has 110 valence electrons. The van der Waals surface area contributed by atoms with Crippen LogP contribution in [0.3, 0.4) is 0 Å². The van der Waals surface area contributed by atoms with Crippen LogP contribution in [-0.2, 0) is 4.74 Å². The van der Waals surface area contributed by atoms with Crippen LogP contribution in [0.1, 0.15) is 31.1 Å². The maximum absolute atomic E-state index is 11.7. The number of carboxylic acid groups (broad SMARTS) is 1. The molecule has 2 aromatic rings. The van der Waals surface area contributed by atoms with E-state index in [4.69, 9.17) is 9.84 Å². The zero-order valence-corrected chi connectivity index (χ0v) is 12.0. The molecule has 0 radical (unpaired) electrons. The van der Waals surface area contributed by atoms with Gasteiger partial charge in [-0.3, -0.25) is 10.3 Å². The summed E-state index contributed by atoms with van der Waals surface area (Å²) in [5.41, 5.74) is 0.623. The first kappa shape index (κ1) is 14.8. The number of nitrogens with zero attached hydrogens (tertiary/aromatic N) is 1. The Morgan fingerprint density at radius 2 is 1.95 bits per heavy atom. The molecule has 1 aromatic heterocycles. The van der Waals surface area contributed by atoms with Crippen LogP contribution in [0.5, 0.6) is 0 Å². The van der Waals surface area contributed by atoms with Gasteiger partial charge >= 0.3 is 12.1 Å². The molecular weight excluding hydrogens is 272 g/mol. The molecule has 1 amide bonds. The van der Waals surface area contributed by atoms with Crippen LogP contribution in [0, 0.1) is 0 Å². The van der Waals surface area contributed by atoms with Crippen LogP contribution in [0.4, 0.5) is 10.5 Å². The number of carboxylic acids is 1. The maximum Gasteiger partial charge on any atom is 0.412 e. The van der Waals surface area contributed by atoms with E-state index in [9.17, 15) is 9.59 Å². The predicted molar refractivity (Wildman–Crippen MR) is 78.6 cm³/mol. The number of hydrogen-bond donors (Lipinski definition) is 2. The van der Waals surface area contributed by atoms with Crippen molar-refractivity contribution in [1.82, 2.24) is 4.98 Å². The van der Waals surface area contributed by atoms with Crippen LogP contribution >= 0.6 is 0 Å². The van der Waals surface area contributed by atoms with Gasteiger partial charge in [0.25, 0.3) is 0 Å². The second-order valence-corrected chi connectivity index (χ2v) is 5.56. The number of aromatic nitrogens is 1. The van der Waals surface area contributed by atoms with Gasteiger partial charge in [0, 0.05) is 5.39 Å². The van der Waals surface area contributed by atoms with E-state index < -0.39 is 17.7 Å². The van der Waals surface area contributed by atoms with Crippen molar-refractivity contribution < 1.29 is 19.4 Å². The van der Waals surface area contributed by atoms with Gasteiger partial charge < -0.3 is 9.84 Å². The molecule has 1 aromatic carbocycles. The minimum atomic E-state index is -1.00. The number of benzene rings is 1. The third-order valence-electron chi connectivity index (χ3n) is 2.58. The Bertz CT molecular complexity index is 704. The van der Waals surface area contributed by atoms with Crippen molar-refractivity contribution >= 4 is 28.7 Å².